The van der Waals surface area contributed by atoms with Crippen LogP contribution in [0.1, 0.15) is 155 Å². The van der Waals surface area contributed by atoms with Crippen LogP contribution >= 0.6 is 0 Å². The van der Waals surface area contributed by atoms with Crippen LogP contribution in [0.15, 0.2) is 339 Å². The van der Waals surface area contributed by atoms with E-state index in [9.17, 15) is 0 Å². The van der Waals surface area contributed by atoms with Crippen LogP contribution in [0.5, 0.6) is 0 Å². The van der Waals surface area contributed by atoms with Gasteiger partial charge in [0.25, 0.3) is 0 Å². The normalized spacial score (nSPS) is 14.6. The van der Waals surface area contributed by atoms with Crippen molar-refractivity contribution >= 4 is 67.4 Å². The van der Waals surface area contributed by atoms with Gasteiger partial charge in [-0.15, -0.1) is 0 Å². The molecule has 14 aromatic carbocycles. The zero-order valence-corrected chi connectivity index (χ0v) is 62.5. The van der Waals surface area contributed by atoms with Gasteiger partial charge in [0.2, 0.25) is 0 Å². The minimum atomic E-state index is 0. The van der Waals surface area contributed by atoms with Crippen LogP contribution < -0.4 is 0 Å². The first kappa shape index (κ1) is 75.8. The van der Waals surface area contributed by atoms with E-state index < -0.39 is 0 Å². The second-order valence-electron chi connectivity index (χ2n) is 29.5. The molecular formula is C109H106. The largest absolute Gasteiger partial charge is 0.0835 e. The van der Waals surface area contributed by atoms with Crippen LogP contribution in [0.3, 0.4) is 0 Å². The number of fused-ring (bicyclic) bond motifs is 17. The highest BCUT2D eigenvalue weighted by atomic mass is 14.2. The number of rotatable bonds is 0. The fourth-order valence-corrected chi connectivity index (χ4v) is 16.6. The fraction of sp³-hybridized carbons (Fsp3) is 0.193. The van der Waals surface area contributed by atoms with E-state index >= 15 is 0 Å². The maximum absolute atomic E-state index is 2.48. The van der Waals surface area contributed by atoms with Gasteiger partial charge < -0.3 is 0 Å². The molecule has 14 aromatic rings. The van der Waals surface area contributed by atoms with Gasteiger partial charge >= 0.3 is 0 Å². The van der Waals surface area contributed by atoms with Gasteiger partial charge in [0, 0.05) is 5.92 Å². The van der Waals surface area contributed by atoms with Crippen molar-refractivity contribution in [1.29, 1.82) is 0 Å². The molecule has 109 heavy (non-hydrogen) atoms. The average Bonchev–Trinajstić information content (AvgIpc) is 1.75. The van der Waals surface area contributed by atoms with Crippen molar-refractivity contribution in [3.05, 3.63) is 439 Å². The van der Waals surface area contributed by atoms with Gasteiger partial charge in [-0.1, -0.05) is 387 Å². The van der Waals surface area contributed by atoms with Crippen LogP contribution in [0.2, 0.25) is 0 Å². The van der Waals surface area contributed by atoms with E-state index in [4.69, 9.17) is 0 Å². The van der Waals surface area contributed by atoms with Crippen molar-refractivity contribution in [1.82, 2.24) is 0 Å². The van der Waals surface area contributed by atoms with E-state index in [2.05, 4.69) is 372 Å². The number of allylic oxidation sites excluding steroid dienone is 8. The van der Waals surface area contributed by atoms with Gasteiger partial charge in [0.1, 0.15) is 0 Å². The lowest BCUT2D eigenvalue weighted by atomic mass is 9.86. The third-order valence-corrected chi connectivity index (χ3v) is 22.2. The molecule has 23 rings (SSSR count). The first-order valence-electron chi connectivity index (χ1n) is 39.5. The molecule has 1 unspecified atom stereocenters. The summed E-state index contributed by atoms with van der Waals surface area (Å²) < 4.78 is 0. The summed E-state index contributed by atoms with van der Waals surface area (Å²) in [7, 11) is 0. The molecular weight excluding hydrogens is 1310 g/mol. The molecule has 542 valence electrons. The van der Waals surface area contributed by atoms with Crippen LogP contribution in [0, 0.1) is 5.92 Å². The number of benzene rings is 14. The second-order valence-corrected chi connectivity index (χ2v) is 29.5. The van der Waals surface area contributed by atoms with Gasteiger partial charge in [-0.3, -0.25) is 0 Å². The SMILES string of the molecule is C.C.C1=CC2C=CCC2=C1.C1=Cc2cc3c(cc2C1)C=CC3.C1=Cc2ccccc2Cc2ccccc21.CCC.c1c2c(cc3c1CCC3)CCC2.c1ccc2c(c1)CCc1ccccc1-2.c1ccc2c(c1)CCc1ccccc1C2.c1ccc2c(c1)ccc1ccccc12.c1ccc2cc3ccccc3cc2c1. The lowest BCUT2D eigenvalue weighted by Crippen LogP contribution is -2.02. The molecule has 0 saturated heterocycles. The predicted octanol–water partition coefficient (Wildman–Crippen LogP) is 28.8. The van der Waals surface area contributed by atoms with E-state index in [1.165, 1.54) is 209 Å². The lowest BCUT2D eigenvalue weighted by molar-refractivity contribution is 0.897. The Morgan fingerprint density at radius 3 is 1.04 bits per heavy atom. The number of aryl methyl sites for hydroxylation is 8. The summed E-state index contributed by atoms with van der Waals surface area (Å²) in [6.45, 7) is 4.25. The lowest BCUT2D eigenvalue weighted by Gasteiger charge is -2.19. The Morgan fingerprint density at radius 1 is 0.257 bits per heavy atom. The van der Waals surface area contributed by atoms with E-state index in [0.29, 0.717) is 5.92 Å². The van der Waals surface area contributed by atoms with Crippen LogP contribution in [-0.4, -0.2) is 0 Å². The van der Waals surface area contributed by atoms with Crippen molar-refractivity contribution in [2.45, 2.75) is 131 Å². The highest BCUT2D eigenvalue weighted by molar-refractivity contribution is 6.07. The number of hydrogen-bond acceptors (Lipinski definition) is 0. The third-order valence-electron chi connectivity index (χ3n) is 22.2. The summed E-state index contributed by atoms with van der Waals surface area (Å²) in [5.41, 5.74) is 31.4. The van der Waals surface area contributed by atoms with Gasteiger partial charge in [0.15, 0.2) is 0 Å². The van der Waals surface area contributed by atoms with Crippen LogP contribution in [-0.2, 0) is 77.0 Å². The van der Waals surface area contributed by atoms with E-state index in [1.807, 2.05) is 0 Å². The molecule has 9 aliphatic carbocycles. The Hall–Kier alpha value is -11.4. The number of hydrogen-bond donors (Lipinski definition) is 0. The first-order valence-corrected chi connectivity index (χ1v) is 39.5. The molecule has 0 amide bonds. The molecule has 0 heteroatoms. The van der Waals surface area contributed by atoms with Gasteiger partial charge in [-0.05, 0) is 263 Å². The van der Waals surface area contributed by atoms with Crippen molar-refractivity contribution < 1.29 is 0 Å². The molecule has 0 bridgehead atoms. The monoisotopic (exact) mass is 1410 g/mol. The minimum Gasteiger partial charge on any atom is -0.0835 e. The predicted molar refractivity (Wildman–Crippen MR) is 476 cm³/mol. The van der Waals surface area contributed by atoms with E-state index in [-0.39, 0.29) is 14.9 Å². The van der Waals surface area contributed by atoms with Crippen molar-refractivity contribution in [3.8, 4) is 11.1 Å². The molecule has 0 saturated carbocycles. The molecule has 0 fully saturated rings. The highest BCUT2D eigenvalue weighted by Crippen LogP contribution is 2.36. The maximum Gasteiger partial charge on any atom is 0.0166 e. The summed E-state index contributed by atoms with van der Waals surface area (Å²) in [5.74, 6) is 0.676. The Kier molecular flexibility index (Phi) is 26.0. The molecule has 0 N–H and O–H groups in total. The minimum absolute atomic E-state index is 0. The molecule has 1 atom stereocenters. The fourth-order valence-electron chi connectivity index (χ4n) is 16.6. The zero-order chi connectivity index (χ0) is 72.4. The Bertz CT molecular complexity index is 5220. The summed E-state index contributed by atoms with van der Waals surface area (Å²) >= 11 is 0. The standard InChI is InChI=1S/C15H14.C15H12.C14H12.2C14H10.C12H14.C12H10.C8H8.C3H8.2CH4/c2*1-3-7-14-11-15-8-4-2-6-13(15)10-9-12(14)5-1;2*1-3-7-13-11(5-1)9-10-12-6-2-4-8-14(12)13;1-2-6-12-10-14-8-4-3-7-13(14)9-11(12)5-1;2*1-3-9-7-11-5-2-6-12(11)8-10(9)4-1;1-3-7-5-2-6-8(7)4-1;1-3-2;;/h1-8H,9-11H2;1-10H,11H2;1-8H,9-10H2;2*1-10H;7-8H,1-6H2;1-3,6-8H,4-5H2;1-5,7H,6H2;3H2,1-2H3;2*1H4. The van der Waals surface area contributed by atoms with E-state index in [1.54, 1.807) is 27.8 Å². The molecule has 0 spiro atoms. The summed E-state index contributed by atoms with van der Waals surface area (Å²) in [6.07, 6.45) is 44.1. The Labute approximate surface area is 651 Å². The van der Waals surface area contributed by atoms with Crippen molar-refractivity contribution in [2.24, 2.45) is 5.92 Å². The van der Waals surface area contributed by atoms with Crippen molar-refractivity contribution in [3.63, 3.8) is 0 Å². The quantitative estimate of drug-likeness (QED) is 0.0806. The van der Waals surface area contributed by atoms with Gasteiger partial charge in [-0.2, -0.15) is 0 Å². The molecule has 9 aliphatic rings. The molecule has 0 radical (unpaired) electrons. The topological polar surface area (TPSA) is 0 Å². The zero-order valence-electron chi connectivity index (χ0n) is 62.5. The molecule has 0 aromatic heterocycles. The van der Waals surface area contributed by atoms with Crippen LogP contribution in [0.25, 0.3) is 78.5 Å². The highest BCUT2D eigenvalue weighted by Gasteiger charge is 2.19. The summed E-state index contributed by atoms with van der Waals surface area (Å²) in [5, 5.41) is 10.5. The maximum atomic E-state index is 2.48. The van der Waals surface area contributed by atoms with E-state index in [0.717, 1.165) is 25.7 Å². The van der Waals surface area contributed by atoms with Gasteiger partial charge in [-0.25, -0.2) is 0 Å². The van der Waals surface area contributed by atoms with Crippen molar-refractivity contribution in [2.75, 3.05) is 0 Å². The average molecular weight is 1420 g/mol. The first-order chi connectivity index (χ1) is 52.9. The summed E-state index contributed by atoms with van der Waals surface area (Å²) in [4.78, 5) is 0. The molecule has 0 heterocycles. The molecule has 0 nitrogen and oxygen atoms in total. The smallest absolute Gasteiger partial charge is 0.0166 e. The third kappa shape index (κ3) is 18.8. The Morgan fingerprint density at radius 2 is 0.606 bits per heavy atom. The van der Waals surface area contributed by atoms with Crippen LogP contribution in [0.4, 0.5) is 0 Å². The Balaban J connectivity index is 0.000000109. The second kappa shape index (κ2) is 37.4. The molecule has 0 aliphatic heterocycles. The van der Waals surface area contributed by atoms with Gasteiger partial charge in [0.05, 0.1) is 0 Å². The summed E-state index contributed by atoms with van der Waals surface area (Å²) in [6, 6.07) is 105.